The number of hydrogen-bond acceptors (Lipinski definition) is 3. The molecule has 128 valence electrons. The van der Waals surface area contributed by atoms with Crippen LogP contribution in [0.25, 0.3) is 0 Å². The molecule has 0 atom stereocenters. The van der Waals surface area contributed by atoms with Gasteiger partial charge in [-0.3, -0.25) is 4.79 Å². The van der Waals surface area contributed by atoms with Crippen molar-refractivity contribution in [3.63, 3.8) is 0 Å². The van der Waals surface area contributed by atoms with Crippen LogP contribution in [0, 0.1) is 5.82 Å². The van der Waals surface area contributed by atoms with Crippen molar-refractivity contribution in [2.75, 3.05) is 11.9 Å². The third-order valence-corrected chi connectivity index (χ3v) is 3.67. The summed E-state index contributed by atoms with van der Waals surface area (Å²) < 4.78 is 19.8. The van der Waals surface area contributed by atoms with Crippen LogP contribution in [0.5, 0.6) is 5.75 Å². The zero-order valence-electron chi connectivity index (χ0n) is 13.2. The third-order valence-electron chi connectivity index (χ3n) is 3.41. The fourth-order valence-electron chi connectivity index (χ4n) is 2.19. The Labute approximate surface area is 149 Å². The van der Waals surface area contributed by atoms with E-state index >= 15 is 0 Å². The fraction of sp³-hybridized carbons (Fsp3) is 0.111. The number of hydrogen-bond donors (Lipinski definition) is 1. The van der Waals surface area contributed by atoms with E-state index in [-0.39, 0.29) is 18.3 Å². The fourth-order valence-corrected chi connectivity index (χ4v) is 2.31. The van der Waals surface area contributed by atoms with Gasteiger partial charge >= 0.3 is 0 Å². The summed E-state index contributed by atoms with van der Waals surface area (Å²) >= 11 is 5.87. The van der Waals surface area contributed by atoms with Crippen LogP contribution in [0.4, 0.5) is 10.2 Å². The Morgan fingerprint density at radius 3 is 2.56 bits per heavy atom. The molecule has 0 bridgehead atoms. The first-order valence-corrected chi connectivity index (χ1v) is 7.92. The minimum Gasteiger partial charge on any atom is -0.484 e. The van der Waals surface area contributed by atoms with E-state index in [1.54, 1.807) is 29.1 Å². The lowest BCUT2D eigenvalue weighted by molar-refractivity contribution is -0.118. The van der Waals surface area contributed by atoms with Gasteiger partial charge in [0.2, 0.25) is 0 Å². The molecular weight excluding hydrogens is 345 g/mol. The number of aromatic nitrogens is 2. The Morgan fingerprint density at radius 2 is 1.84 bits per heavy atom. The quantitative estimate of drug-likeness (QED) is 0.729. The first-order chi connectivity index (χ1) is 12.1. The number of nitrogens with one attached hydrogen (secondary N) is 1. The zero-order chi connectivity index (χ0) is 17.6. The molecule has 3 rings (SSSR count). The smallest absolute Gasteiger partial charge is 0.263 e. The van der Waals surface area contributed by atoms with Crippen molar-refractivity contribution in [2.24, 2.45) is 0 Å². The number of amides is 1. The van der Waals surface area contributed by atoms with E-state index < -0.39 is 0 Å². The highest BCUT2D eigenvalue weighted by Gasteiger charge is 2.09. The maximum absolute atomic E-state index is 12.8. The number of rotatable bonds is 6. The van der Waals surface area contributed by atoms with E-state index in [2.05, 4.69) is 10.4 Å². The molecule has 2 aromatic carbocycles. The van der Waals surface area contributed by atoms with Crippen molar-refractivity contribution in [1.82, 2.24) is 9.78 Å². The lowest BCUT2D eigenvalue weighted by Gasteiger charge is -2.10. The van der Waals surface area contributed by atoms with Gasteiger partial charge in [0.05, 0.1) is 12.7 Å². The van der Waals surface area contributed by atoms with Crippen LogP contribution in [0.2, 0.25) is 5.02 Å². The predicted molar refractivity (Wildman–Crippen MR) is 93.3 cm³/mol. The number of anilines is 1. The molecule has 1 heterocycles. The van der Waals surface area contributed by atoms with Crippen LogP contribution in [0.3, 0.4) is 0 Å². The van der Waals surface area contributed by atoms with E-state index in [4.69, 9.17) is 16.3 Å². The van der Waals surface area contributed by atoms with Gasteiger partial charge in [0, 0.05) is 11.1 Å². The molecule has 25 heavy (non-hydrogen) atoms. The Hall–Kier alpha value is -2.86. The van der Waals surface area contributed by atoms with Crippen LogP contribution >= 0.6 is 11.6 Å². The second kappa shape index (κ2) is 7.81. The molecule has 0 aliphatic heterocycles. The van der Waals surface area contributed by atoms with Crippen molar-refractivity contribution >= 4 is 23.3 Å². The lowest BCUT2D eigenvalue weighted by Crippen LogP contribution is -2.22. The van der Waals surface area contributed by atoms with Gasteiger partial charge in [0.15, 0.2) is 6.61 Å². The van der Waals surface area contributed by atoms with Gasteiger partial charge in [0.1, 0.15) is 17.4 Å². The van der Waals surface area contributed by atoms with E-state index in [1.807, 2.05) is 12.1 Å². The Bertz CT molecular complexity index is 848. The normalized spacial score (nSPS) is 10.5. The molecule has 0 radical (unpaired) electrons. The van der Waals surface area contributed by atoms with Gasteiger partial charge in [0.25, 0.3) is 5.91 Å². The Kier molecular flexibility index (Phi) is 5.30. The summed E-state index contributed by atoms with van der Waals surface area (Å²) in [6.45, 7) is 0.316. The topological polar surface area (TPSA) is 56.1 Å². The van der Waals surface area contributed by atoms with Crippen LogP contribution in [0.15, 0.2) is 60.8 Å². The number of ether oxygens (including phenoxy) is 1. The standard InChI is InChI=1S/C18H15ClFN3O2/c19-14-3-1-13(2-4-14)11-23-17(9-10-21-23)22-18(24)12-25-16-7-5-15(20)6-8-16/h1-10H,11-12H2,(H,22,24). The molecule has 0 saturated heterocycles. The molecule has 0 saturated carbocycles. The molecule has 0 unspecified atom stereocenters. The molecule has 7 heteroatoms. The first kappa shape index (κ1) is 17.0. The summed E-state index contributed by atoms with van der Waals surface area (Å²) in [6.07, 6.45) is 1.60. The molecule has 1 aromatic heterocycles. The van der Waals surface area contributed by atoms with Crippen LogP contribution in [-0.2, 0) is 11.3 Å². The molecule has 1 N–H and O–H groups in total. The van der Waals surface area contributed by atoms with Crippen LogP contribution in [0.1, 0.15) is 5.56 Å². The molecule has 0 aliphatic carbocycles. The van der Waals surface area contributed by atoms with Gasteiger partial charge in [-0.1, -0.05) is 23.7 Å². The van der Waals surface area contributed by atoms with Crippen molar-refractivity contribution < 1.29 is 13.9 Å². The van der Waals surface area contributed by atoms with Gasteiger partial charge in [-0.15, -0.1) is 0 Å². The summed E-state index contributed by atoms with van der Waals surface area (Å²) in [6, 6.07) is 14.6. The van der Waals surface area contributed by atoms with Gasteiger partial charge in [-0.25, -0.2) is 9.07 Å². The van der Waals surface area contributed by atoms with E-state index in [0.29, 0.717) is 23.1 Å². The van der Waals surface area contributed by atoms with Crippen LogP contribution < -0.4 is 10.1 Å². The summed E-state index contributed by atoms with van der Waals surface area (Å²) in [5, 5.41) is 7.60. The van der Waals surface area contributed by atoms with Crippen molar-refractivity contribution in [3.8, 4) is 5.75 Å². The van der Waals surface area contributed by atoms with Gasteiger partial charge < -0.3 is 10.1 Å². The maximum atomic E-state index is 12.8. The van der Waals surface area contributed by atoms with Crippen LogP contribution in [-0.4, -0.2) is 22.3 Å². The monoisotopic (exact) mass is 359 g/mol. The van der Waals surface area contributed by atoms with Crippen molar-refractivity contribution in [2.45, 2.75) is 6.54 Å². The summed E-state index contributed by atoms with van der Waals surface area (Å²) in [5.41, 5.74) is 1.01. The number of carbonyl (C=O) groups excluding carboxylic acids is 1. The molecule has 0 spiro atoms. The first-order valence-electron chi connectivity index (χ1n) is 7.54. The van der Waals surface area contributed by atoms with Crippen molar-refractivity contribution in [1.29, 1.82) is 0 Å². The van der Waals surface area contributed by atoms with E-state index in [0.717, 1.165) is 5.56 Å². The predicted octanol–water partition coefficient (Wildman–Crippen LogP) is 3.74. The summed E-state index contributed by atoms with van der Waals surface area (Å²) in [4.78, 5) is 12.0. The summed E-state index contributed by atoms with van der Waals surface area (Å²) in [5.74, 6) is 0.291. The second-order valence-corrected chi connectivity index (χ2v) is 5.73. The van der Waals surface area contributed by atoms with Gasteiger partial charge in [-0.05, 0) is 42.0 Å². The minimum absolute atomic E-state index is 0.183. The highest BCUT2D eigenvalue weighted by atomic mass is 35.5. The molecule has 0 aliphatic rings. The molecule has 3 aromatic rings. The second-order valence-electron chi connectivity index (χ2n) is 5.29. The number of benzene rings is 2. The van der Waals surface area contributed by atoms with E-state index in [1.165, 1.54) is 24.3 Å². The molecule has 5 nitrogen and oxygen atoms in total. The molecule has 0 fully saturated rings. The minimum atomic E-state index is -0.358. The average Bonchev–Trinajstić information content (AvgIpc) is 3.03. The zero-order valence-corrected chi connectivity index (χ0v) is 13.9. The van der Waals surface area contributed by atoms with E-state index in [9.17, 15) is 9.18 Å². The third kappa shape index (κ3) is 4.81. The highest BCUT2D eigenvalue weighted by molar-refractivity contribution is 6.30. The maximum Gasteiger partial charge on any atom is 0.263 e. The van der Waals surface area contributed by atoms with Gasteiger partial charge in [-0.2, -0.15) is 5.10 Å². The Morgan fingerprint density at radius 1 is 1.12 bits per heavy atom. The molecular formula is C18H15ClFN3O2. The summed E-state index contributed by atoms with van der Waals surface area (Å²) in [7, 11) is 0. The largest absolute Gasteiger partial charge is 0.484 e. The number of carbonyl (C=O) groups is 1. The Balaban J connectivity index is 1.57. The number of halogens is 2. The molecule has 1 amide bonds. The van der Waals surface area contributed by atoms with Crippen molar-refractivity contribution in [3.05, 3.63) is 77.2 Å². The highest BCUT2D eigenvalue weighted by Crippen LogP contribution is 2.14. The average molecular weight is 360 g/mol. The lowest BCUT2D eigenvalue weighted by atomic mass is 10.2. The SMILES string of the molecule is O=C(COc1ccc(F)cc1)Nc1ccnn1Cc1ccc(Cl)cc1. The number of nitrogens with zero attached hydrogens (tertiary/aromatic N) is 2.